The second-order valence-corrected chi connectivity index (χ2v) is 7.67. The van der Waals surface area contributed by atoms with Crippen LogP contribution in [-0.4, -0.2) is 35.7 Å². The van der Waals surface area contributed by atoms with E-state index in [1.165, 1.54) is 11.8 Å². The van der Waals surface area contributed by atoms with Crippen molar-refractivity contribution in [2.45, 2.75) is 33.3 Å². The van der Waals surface area contributed by atoms with Crippen LogP contribution in [-0.2, 0) is 4.79 Å². The molecule has 2 aromatic carbocycles. The smallest absolute Gasteiger partial charge is 0.266 e. The van der Waals surface area contributed by atoms with Gasteiger partial charge in [0.2, 0.25) is 0 Å². The minimum atomic E-state index is -0.0234. The average Bonchev–Trinajstić information content (AvgIpc) is 3.03. The summed E-state index contributed by atoms with van der Waals surface area (Å²) in [7, 11) is 1.63. The van der Waals surface area contributed by atoms with Gasteiger partial charge in [0, 0.05) is 6.54 Å². The van der Waals surface area contributed by atoms with Crippen LogP contribution in [0.5, 0.6) is 11.5 Å². The summed E-state index contributed by atoms with van der Waals surface area (Å²) in [6.07, 6.45) is 3.04. The molecule has 0 saturated carbocycles. The number of nitrogens with zero attached hydrogens (tertiary/aromatic N) is 2. The van der Waals surface area contributed by atoms with Crippen molar-refractivity contribution in [3.8, 4) is 11.5 Å². The summed E-state index contributed by atoms with van der Waals surface area (Å²) < 4.78 is 11.0. The summed E-state index contributed by atoms with van der Waals surface area (Å²) in [6.45, 7) is 6.66. The van der Waals surface area contributed by atoms with Crippen LogP contribution in [0.3, 0.4) is 0 Å². The van der Waals surface area contributed by atoms with Gasteiger partial charge in [0.15, 0.2) is 5.17 Å². The molecule has 0 N–H and O–H groups in total. The Morgan fingerprint density at radius 3 is 2.31 bits per heavy atom. The maximum Gasteiger partial charge on any atom is 0.266 e. The quantitative estimate of drug-likeness (QED) is 0.566. The van der Waals surface area contributed by atoms with E-state index >= 15 is 0 Å². The number of aliphatic imine (C=N–C) groups is 1. The highest BCUT2D eigenvalue weighted by atomic mass is 32.2. The summed E-state index contributed by atoms with van der Waals surface area (Å²) in [5.74, 6) is 1.59. The first-order valence-electron chi connectivity index (χ1n) is 9.75. The minimum absolute atomic E-state index is 0.0234. The molecule has 0 aliphatic carbocycles. The van der Waals surface area contributed by atoms with Crippen LogP contribution in [0.15, 0.2) is 58.4 Å². The van der Waals surface area contributed by atoms with Gasteiger partial charge in [-0.15, -0.1) is 0 Å². The van der Waals surface area contributed by atoms with Gasteiger partial charge in [0.25, 0.3) is 5.91 Å². The third-order valence-electron chi connectivity index (χ3n) is 4.59. The summed E-state index contributed by atoms with van der Waals surface area (Å²) in [6, 6.07) is 15.3. The van der Waals surface area contributed by atoms with E-state index in [-0.39, 0.29) is 12.0 Å². The van der Waals surface area contributed by atoms with Gasteiger partial charge in [-0.1, -0.05) is 19.1 Å². The minimum Gasteiger partial charge on any atom is -0.497 e. The number of rotatable bonds is 7. The molecule has 1 aliphatic rings. The number of carbonyl (C=O) groups excluding carboxylic acids is 1. The molecular weight excluding hydrogens is 384 g/mol. The van der Waals surface area contributed by atoms with Gasteiger partial charge in [-0.25, -0.2) is 4.99 Å². The Labute approximate surface area is 176 Å². The molecule has 6 heteroatoms. The van der Waals surface area contributed by atoms with E-state index in [1.807, 2.05) is 68.5 Å². The summed E-state index contributed by atoms with van der Waals surface area (Å²) in [5, 5.41) is 0.686. The fourth-order valence-electron chi connectivity index (χ4n) is 2.75. The van der Waals surface area contributed by atoms with Crippen LogP contribution >= 0.6 is 11.8 Å². The second-order valence-electron chi connectivity index (χ2n) is 6.66. The highest BCUT2D eigenvalue weighted by Gasteiger charge is 2.32. The third kappa shape index (κ3) is 5.21. The van der Waals surface area contributed by atoms with Gasteiger partial charge in [0.05, 0.1) is 23.8 Å². The monoisotopic (exact) mass is 410 g/mol. The highest BCUT2D eigenvalue weighted by molar-refractivity contribution is 8.18. The van der Waals surface area contributed by atoms with Crippen LogP contribution in [0.25, 0.3) is 6.08 Å². The number of amides is 1. The number of benzene rings is 2. The zero-order valence-electron chi connectivity index (χ0n) is 17.2. The molecule has 0 radical (unpaired) electrons. The first-order valence-corrected chi connectivity index (χ1v) is 10.6. The van der Waals surface area contributed by atoms with E-state index in [9.17, 15) is 4.79 Å². The van der Waals surface area contributed by atoms with Crippen molar-refractivity contribution >= 4 is 34.6 Å². The Bertz CT molecular complexity index is 905. The van der Waals surface area contributed by atoms with E-state index in [0.717, 1.165) is 29.2 Å². The molecule has 1 saturated heterocycles. The predicted octanol–water partition coefficient (Wildman–Crippen LogP) is 5.50. The van der Waals surface area contributed by atoms with Crippen LogP contribution in [0.4, 0.5) is 5.69 Å². The van der Waals surface area contributed by atoms with Crippen LogP contribution < -0.4 is 9.47 Å². The van der Waals surface area contributed by atoms with Crippen LogP contribution in [0.1, 0.15) is 32.8 Å². The Kier molecular flexibility index (Phi) is 6.99. The van der Waals surface area contributed by atoms with E-state index in [1.54, 1.807) is 12.0 Å². The van der Waals surface area contributed by atoms with Crippen LogP contribution in [0.2, 0.25) is 0 Å². The van der Waals surface area contributed by atoms with E-state index in [0.29, 0.717) is 16.6 Å². The van der Waals surface area contributed by atoms with E-state index in [4.69, 9.17) is 9.47 Å². The molecule has 2 aromatic rings. The fraction of sp³-hybridized carbons (Fsp3) is 0.304. The number of likely N-dealkylation sites (N-methyl/N-ethyl adjacent to an activating group) is 1. The van der Waals surface area contributed by atoms with Gasteiger partial charge < -0.3 is 9.47 Å². The Balaban J connectivity index is 1.79. The SMILES string of the molecule is CC[C@@H](C)Oc1ccc(/C=C2/SC(=Nc3ccc(OC)cc3)N(CC)C2=O)cc1. The molecule has 0 spiro atoms. The number of hydrogen-bond acceptors (Lipinski definition) is 5. The van der Waals surface area contributed by atoms with Crippen molar-refractivity contribution in [1.29, 1.82) is 0 Å². The average molecular weight is 411 g/mol. The fourth-order valence-corrected chi connectivity index (χ4v) is 3.81. The molecule has 1 heterocycles. The first kappa shape index (κ1) is 21.0. The Morgan fingerprint density at radius 2 is 1.72 bits per heavy atom. The molecule has 1 fully saturated rings. The summed E-state index contributed by atoms with van der Waals surface area (Å²) in [5.41, 5.74) is 1.74. The molecule has 1 atom stereocenters. The predicted molar refractivity (Wildman–Crippen MR) is 120 cm³/mol. The maximum absolute atomic E-state index is 12.8. The molecule has 1 aliphatic heterocycles. The van der Waals surface area contributed by atoms with Gasteiger partial charge >= 0.3 is 0 Å². The van der Waals surface area contributed by atoms with Gasteiger partial charge in [-0.05, 0) is 80.1 Å². The number of thioether (sulfide) groups is 1. The van der Waals surface area contributed by atoms with E-state index < -0.39 is 0 Å². The standard InChI is InChI=1S/C23H26N2O3S/c1-5-16(3)28-20-11-7-17(8-12-20)15-21-22(26)25(6-2)23(29-21)24-18-9-13-19(27-4)14-10-18/h7-16H,5-6H2,1-4H3/b21-15+,24-23?/t16-/m1/s1. The van der Waals surface area contributed by atoms with Gasteiger partial charge in [-0.2, -0.15) is 0 Å². The molecule has 0 aromatic heterocycles. The number of amidine groups is 1. The van der Waals surface area contributed by atoms with Crippen molar-refractivity contribution in [3.05, 3.63) is 59.0 Å². The molecule has 1 amide bonds. The molecule has 152 valence electrons. The zero-order chi connectivity index (χ0) is 20.8. The third-order valence-corrected chi connectivity index (χ3v) is 5.60. The normalized spacial score (nSPS) is 17.8. The molecule has 3 rings (SSSR count). The largest absolute Gasteiger partial charge is 0.497 e. The first-order chi connectivity index (χ1) is 14.0. The van der Waals surface area contributed by atoms with Crippen LogP contribution in [0, 0.1) is 0 Å². The lowest BCUT2D eigenvalue weighted by atomic mass is 10.2. The van der Waals surface area contributed by atoms with Crippen molar-refractivity contribution in [1.82, 2.24) is 4.90 Å². The maximum atomic E-state index is 12.8. The van der Waals surface area contributed by atoms with E-state index in [2.05, 4.69) is 11.9 Å². The van der Waals surface area contributed by atoms with Crippen molar-refractivity contribution in [2.75, 3.05) is 13.7 Å². The molecular formula is C23H26N2O3S. The van der Waals surface area contributed by atoms with Gasteiger partial charge in [0.1, 0.15) is 11.5 Å². The summed E-state index contributed by atoms with van der Waals surface area (Å²) in [4.78, 5) is 19.8. The number of ether oxygens (including phenoxy) is 2. The van der Waals surface area contributed by atoms with Crippen molar-refractivity contribution in [3.63, 3.8) is 0 Å². The zero-order valence-corrected chi connectivity index (χ0v) is 18.0. The number of methoxy groups -OCH3 is 1. The molecule has 29 heavy (non-hydrogen) atoms. The number of hydrogen-bond donors (Lipinski definition) is 0. The topological polar surface area (TPSA) is 51.1 Å². The molecule has 0 bridgehead atoms. The Morgan fingerprint density at radius 1 is 1.07 bits per heavy atom. The lowest BCUT2D eigenvalue weighted by Crippen LogP contribution is -2.28. The lowest BCUT2D eigenvalue weighted by Gasteiger charge is -2.12. The lowest BCUT2D eigenvalue weighted by molar-refractivity contribution is -0.122. The second kappa shape index (κ2) is 9.65. The van der Waals surface area contributed by atoms with Crippen molar-refractivity contribution in [2.24, 2.45) is 4.99 Å². The molecule has 0 unspecified atom stereocenters. The van der Waals surface area contributed by atoms with Crippen molar-refractivity contribution < 1.29 is 14.3 Å². The number of carbonyl (C=O) groups is 1. The molecule has 5 nitrogen and oxygen atoms in total. The summed E-state index contributed by atoms with van der Waals surface area (Å²) >= 11 is 1.39. The highest BCUT2D eigenvalue weighted by Crippen LogP contribution is 2.34. The van der Waals surface area contributed by atoms with Gasteiger partial charge in [-0.3, -0.25) is 9.69 Å². The Hall–Kier alpha value is -2.73.